The summed E-state index contributed by atoms with van der Waals surface area (Å²) in [5.41, 5.74) is 7.58. The van der Waals surface area contributed by atoms with Crippen molar-refractivity contribution >= 4 is 27.5 Å². The van der Waals surface area contributed by atoms with Crippen molar-refractivity contribution in [1.82, 2.24) is 4.98 Å². The molecule has 3 N–H and O–H groups in total. The van der Waals surface area contributed by atoms with Gasteiger partial charge in [0.15, 0.2) is 0 Å². The van der Waals surface area contributed by atoms with Gasteiger partial charge in [0, 0.05) is 6.04 Å². The van der Waals surface area contributed by atoms with E-state index in [0.29, 0.717) is 0 Å². The Morgan fingerprint density at radius 2 is 2.17 bits per heavy atom. The minimum Gasteiger partial charge on any atom is -0.327 e. The molecular formula is C13H18BrN3O. The highest BCUT2D eigenvalue weighted by molar-refractivity contribution is 9.10. The summed E-state index contributed by atoms with van der Waals surface area (Å²) in [5.74, 6) is -0.0452. The molecule has 0 radical (unpaired) electrons. The number of carbonyl (C=O) groups is 1. The number of halogens is 1. The van der Waals surface area contributed by atoms with Gasteiger partial charge in [0.25, 0.3) is 0 Å². The number of nitrogens with two attached hydrogens (primary N) is 1. The van der Waals surface area contributed by atoms with Gasteiger partial charge < -0.3 is 11.1 Å². The first-order valence-electron chi connectivity index (χ1n) is 6.27. The molecule has 1 aromatic heterocycles. The normalized spacial score (nSPS) is 23.7. The molecule has 0 saturated heterocycles. The summed E-state index contributed by atoms with van der Waals surface area (Å²) in [6.45, 7) is 1.88. The van der Waals surface area contributed by atoms with E-state index in [9.17, 15) is 4.79 Å². The van der Waals surface area contributed by atoms with E-state index in [-0.39, 0.29) is 17.9 Å². The van der Waals surface area contributed by atoms with Crippen molar-refractivity contribution in [2.45, 2.75) is 38.6 Å². The van der Waals surface area contributed by atoms with E-state index in [4.69, 9.17) is 5.73 Å². The lowest BCUT2D eigenvalue weighted by Gasteiger charge is -2.27. The van der Waals surface area contributed by atoms with Crippen LogP contribution in [0.2, 0.25) is 0 Å². The van der Waals surface area contributed by atoms with Crippen molar-refractivity contribution in [3.05, 3.63) is 22.4 Å². The molecule has 18 heavy (non-hydrogen) atoms. The van der Waals surface area contributed by atoms with Gasteiger partial charge in [-0.05, 0) is 47.8 Å². The minimum atomic E-state index is -0.0678. The fourth-order valence-electron chi connectivity index (χ4n) is 2.37. The maximum absolute atomic E-state index is 12.2. The SMILES string of the molecule is Cc1nc(Br)ccc1NC(=O)C1CCCCC1N. The molecular weight excluding hydrogens is 294 g/mol. The van der Waals surface area contributed by atoms with Gasteiger partial charge >= 0.3 is 0 Å². The van der Waals surface area contributed by atoms with Crippen LogP contribution in [-0.2, 0) is 4.79 Å². The van der Waals surface area contributed by atoms with Crippen LogP contribution in [0.15, 0.2) is 16.7 Å². The van der Waals surface area contributed by atoms with Crippen LogP contribution in [0, 0.1) is 12.8 Å². The fourth-order valence-corrected chi connectivity index (χ4v) is 2.77. The first-order chi connectivity index (χ1) is 8.58. The molecule has 1 aliphatic carbocycles. The van der Waals surface area contributed by atoms with Gasteiger partial charge in [0.05, 0.1) is 17.3 Å². The molecule has 2 atom stereocenters. The van der Waals surface area contributed by atoms with Gasteiger partial charge in [0.1, 0.15) is 4.60 Å². The molecule has 0 aliphatic heterocycles. The van der Waals surface area contributed by atoms with E-state index in [1.54, 1.807) is 0 Å². The van der Waals surface area contributed by atoms with Gasteiger partial charge in [-0.15, -0.1) is 0 Å². The van der Waals surface area contributed by atoms with E-state index in [1.165, 1.54) is 0 Å². The fraction of sp³-hybridized carbons (Fsp3) is 0.538. The Balaban J connectivity index is 2.06. The zero-order valence-electron chi connectivity index (χ0n) is 10.4. The number of anilines is 1. The highest BCUT2D eigenvalue weighted by Gasteiger charge is 2.28. The van der Waals surface area contributed by atoms with Gasteiger partial charge in [-0.2, -0.15) is 0 Å². The molecule has 4 nitrogen and oxygen atoms in total. The Morgan fingerprint density at radius 1 is 1.44 bits per heavy atom. The van der Waals surface area contributed by atoms with E-state index in [0.717, 1.165) is 41.7 Å². The van der Waals surface area contributed by atoms with Gasteiger partial charge in [0.2, 0.25) is 5.91 Å². The summed E-state index contributed by atoms with van der Waals surface area (Å²) in [6.07, 6.45) is 4.04. The Morgan fingerprint density at radius 3 is 2.83 bits per heavy atom. The smallest absolute Gasteiger partial charge is 0.229 e. The quantitative estimate of drug-likeness (QED) is 0.825. The Kier molecular flexibility index (Phi) is 4.35. The van der Waals surface area contributed by atoms with Crippen molar-refractivity contribution in [3.63, 3.8) is 0 Å². The third kappa shape index (κ3) is 3.09. The van der Waals surface area contributed by atoms with Gasteiger partial charge in [-0.3, -0.25) is 4.79 Å². The average molecular weight is 312 g/mol. The largest absolute Gasteiger partial charge is 0.327 e. The number of nitrogens with one attached hydrogen (secondary N) is 1. The van der Waals surface area contributed by atoms with Crippen molar-refractivity contribution in [2.75, 3.05) is 5.32 Å². The molecule has 98 valence electrons. The number of aryl methyl sites for hydroxylation is 1. The van der Waals surface area contributed by atoms with Crippen molar-refractivity contribution in [1.29, 1.82) is 0 Å². The molecule has 1 saturated carbocycles. The monoisotopic (exact) mass is 311 g/mol. The van der Waals surface area contributed by atoms with Crippen LogP contribution in [0.5, 0.6) is 0 Å². The average Bonchev–Trinajstić information content (AvgIpc) is 2.33. The summed E-state index contributed by atoms with van der Waals surface area (Å²) in [5, 5.41) is 2.94. The van der Waals surface area contributed by atoms with Crippen LogP contribution in [0.3, 0.4) is 0 Å². The molecule has 5 heteroatoms. The zero-order chi connectivity index (χ0) is 13.1. The summed E-state index contributed by atoms with van der Waals surface area (Å²) >= 11 is 3.30. The lowest BCUT2D eigenvalue weighted by atomic mass is 9.84. The van der Waals surface area contributed by atoms with E-state index in [1.807, 2.05) is 19.1 Å². The molecule has 1 amide bonds. The van der Waals surface area contributed by atoms with E-state index < -0.39 is 0 Å². The molecule has 1 aromatic rings. The predicted molar refractivity (Wildman–Crippen MR) is 75.2 cm³/mol. The topological polar surface area (TPSA) is 68.0 Å². The van der Waals surface area contributed by atoms with Gasteiger partial charge in [-0.1, -0.05) is 12.8 Å². The van der Waals surface area contributed by atoms with Crippen LogP contribution in [0.4, 0.5) is 5.69 Å². The summed E-state index contributed by atoms with van der Waals surface area (Å²) < 4.78 is 0.771. The molecule has 0 aromatic carbocycles. The standard InChI is InChI=1S/C13H18BrN3O/c1-8-11(6-7-12(14)16-8)17-13(18)9-4-2-3-5-10(9)15/h6-7,9-10H,2-5,15H2,1H3,(H,17,18). The van der Waals surface area contributed by atoms with Crippen LogP contribution in [0.1, 0.15) is 31.4 Å². The molecule has 2 unspecified atom stereocenters. The summed E-state index contributed by atoms with van der Waals surface area (Å²) in [7, 11) is 0. The van der Waals surface area contributed by atoms with Crippen LogP contribution in [-0.4, -0.2) is 16.9 Å². The Labute approximate surface area is 115 Å². The van der Waals surface area contributed by atoms with Crippen molar-refractivity contribution < 1.29 is 4.79 Å². The minimum absolute atomic E-state index is 0.0116. The first kappa shape index (κ1) is 13.5. The third-order valence-electron chi connectivity index (χ3n) is 3.47. The number of rotatable bonds is 2. The summed E-state index contributed by atoms with van der Waals surface area (Å²) in [6, 6.07) is 3.67. The van der Waals surface area contributed by atoms with Crippen LogP contribution in [0.25, 0.3) is 0 Å². The third-order valence-corrected chi connectivity index (χ3v) is 3.91. The van der Waals surface area contributed by atoms with Crippen LogP contribution < -0.4 is 11.1 Å². The highest BCUT2D eigenvalue weighted by Crippen LogP contribution is 2.25. The Hall–Kier alpha value is -0.940. The molecule has 1 heterocycles. The second-order valence-corrected chi connectivity index (χ2v) is 5.62. The van der Waals surface area contributed by atoms with Crippen LogP contribution >= 0.6 is 15.9 Å². The first-order valence-corrected chi connectivity index (χ1v) is 7.07. The Bertz CT molecular complexity index is 450. The molecule has 0 spiro atoms. The highest BCUT2D eigenvalue weighted by atomic mass is 79.9. The lowest BCUT2D eigenvalue weighted by Crippen LogP contribution is -2.40. The number of nitrogens with zero attached hydrogens (tertiary/aromatic N) is 1. The number of aromatic nitrogens is 1. The van der Waals surface area contributed by atoms with E-state index in [2.05, 4.69) is 26.2 Å². The maximum atomic E-state index is 12.2. The summed E-state index contributed by atoms with van der Waals surface area (Å²) in [4.78, 5) is 16.4. The molecule has 1 aliphatic rings. The zero-order valence-corrected chi connectivity index (χ0v) is 12.0. The second-order valence-electron chi connectivity index (χ2n) is 4.81. The number of carbonyl (C=O) groups excluding carboxylic acids is 1. The molecule has 1 fully saturated rings. The second kappa shape index (κ2) is 5.80. The number of hydrogen-bond donors (Lipinski definition) is 2. The lowest BCUT2D eigenvalue weighted by molar-refractivity contribution is -0.121. The van der Waals surface area contributed by atoms with E-state index >= 15 is 0 Å². The van der Waals surface area contributed by atoms with Crippen molar-refractivity contribution in [3.8, 4) is 0 Å². The molecule has 0 bridgehead atoms. The predicted octanol–water partition coefficient (Wildman–Crippen LogP) is 2.61. The van der Waals surface area contributed by atoms with Crippen molar-refractivity contribution in [2.24, 2.45) is 11.7 Å². The maximum Gasteiger partial charge on any atom is 0.229 e. The number of hydrogen-bond acceptors (Lipinski definition) is 3. The number of amides is 1. The number of pyridine rings is 1. The van der Waals surface area contributed by atoms with Gasteiger partial charge in [-0.25, -0.2) is 4.98 Å². The molecule has 2 rings (SSSR count).